The highest BCUT2D eigenvalue weighted by molar-refractivity contribution is 5.92. The summed E-state index contributed by atoms with van der Waals surface area (Å²) in [5, 5.41) is 15.1. The van der Waals surface area contributed by atoms with Gasteiger partial charge in [0.25, 0.3) is 5.91 Å². The minimum absolute atomic E-state index is 0. The zero-order chi connectivity index (χ0) is 16.4. The van der Waals surface area contributed by atoms with Crippen LogP contribution in [0.25, 0.3) is 0 Å². The number of aromatic nitrogens is 4. The summed E-state index contributed by atoms with van der Waals surface area (Å²) in [5.74, 6) is -0.150. The van der Waals surface area contributed by atoms with Crippen LogP contribution in [0.4, 0.5) is 0 Å². The molecule has 7 nitrogen and oxygen atoms in total. The molecule has 2 unspecified atom stereocenters. The van der Waals surface area contributed by atoms with Gasteiger partial charge in [-0.3, -0.25) is 14.2 Å². The van der Waals surface area contributed by atoms with E-state index in [-0.39, 0.29) is 24.4 Å². The van der Waals surface area contributed by atoms with E-state index in [1.807, 2.05) is 38.0 Å². The molecule has 0 aliphatic carbocycles. The number of hydrogen-bond donors (Lipinski definition) is 2. The highest BCUT2D eigenvalue weighted by atomic mass is 35.5. The van der Waals surface area contributed by atoms with E-state index in [0.29, 0.717) is 11.7 Å². The number of rotatable bonds is 4. The number of nitrogens with zero attached hydrogens (tertiary/aromatic N) is 4. The molecule has 2 aromatic heterocycles. The van der Waals surface area contributed by atoms with Gasteiger partial charge in [-0.25, -0.2) is 0 Å². The molecule has 1 saturated heterocycles. The Bertz CT molecular complexity index is 689. The number of halogens is 1. The van der Waals surface area contributed by atoms with E-state index in [1.165, 1.54) is 0 Å². The predicted octanol–water partition coefficient (Wildman–Crippen LogP) is 1.76. The number of amides is 1. The second-order valence-electron chi connectivity index (χ2n) is 6.22. The summed E-state index contributed by atoms with van der Waals surface area (Å²) in [6, 6.07) is 2.02. The van der Waals surface area contributed by atoms with Crippen LogP contribution in [-0.4, -0.2) is 38.6 Å². The molecular formula is C16H25ClN6O. The van der Waals surface area contributed by atoms with E-state index in [4.69, 9.17) is 0 Å². The topological polar surface area (TPSA) is 76.8 Å². The average Bonchev–Trinajstić information content (AvgIpc) is 3.15. The van der Waals surface area contributed by atoms with Crippen molar-refractivity contribution in [2.24, 2.45) is 7.05 Å². The Balaban J connectivity index is 0.00000208. The summed E-state index contributed by atoms with van der Waals surface area (Å²) >= 11 is 0. The van der Waals surface area contributed by atoms with E-state index < -0.39 is 0 Å². The molecule has 1 amide bonds. The van der Waals surface area contributed by atoms with Crippen molar-refractivity contribution in [3.8, 4) is 0 Å². The monoisotopic (exact) mass is 352 g/mol. The van der Waals surface area contributed by atoms with Crippen LogP contribution in [0.15, 0.2) is 18.5 Å². The van der Waals surface area contributed by atoms with Crippen LogP contribution in [0.3, 0.4) is 0 Å². The van der Waals surface area contributed by atoms with Crippen molar-refractivity contribution in [3.05, 3.63) is 35.4 Å². The molecule has 3 heterocycles. The highest BCUT2D eigenvalue weighted by Gasteiger charge is 2.20. The van der Waals surface area contributed by atoms with Crippen molar-refractivity contribution in [1.29, 1.82) is 0 Å². The summed E-state index contributed by atoms with van der Waals surface area (Å²) in [6.45, 7) is 5.88. The Kier molecular flexibility index (Phi) is 6.01. The Morgan fingerprint density at radius 2 is 2.25 bits per heavy atom. The van der Waals surface area contributed by atoms with Crippen LogP contribution >= 0.6 is 12.4 Å². The SMILES string of the molecule is Cc1nn(C)cc1C(C)NC(=O)c1ccn(C2CCCNC2)n1.Cl. The molecule has 0 bridgehead atoms. The van der Waals surface area contributed by atoms with Crippen molar-refractivity contribution < 1.29 is 4.79 Å². The van der Waals surface area contributed by atoms with Crippen molar-refractivity contribution in [3.63, 3.8) is 0 Å². The van der Waals surface area contributed by atoms with E-state index in [0.717, 1.165) is 37.2 Å². The second-order valence-corrected chi connectivity index (χ2v) is 6.22. The van der Waals surface area contributed by atoms with Gasteiger partial charge in [-0.1, -0.05) is 0 Å². The average molecular weight is 353 g/mol. The fourth-order valence-corrected chi connectivity index (χ4v) is 3.11. The maximum atomic E-state index is 12.4. The van der Waals surface area contributed by atoms with Crippen molar-refractivity contribution in [2.45, 2.75) is 38.8 Å². The largest absolute Gasteiger partial charge is 0.344 e. The quantitative estimate of drug-likeness (QED) is 0.879. The van der Waals surface area contributed by atoms with Crippen LogP contribution in [0.1, 0.15) is 53.6 Å². The van der Waals surface area contributed by atoms with Gasteiger partial charge in [-0.15, -0.1) is 12.4 Å². The van der Waals surface area contributed by atoms with E-state index in [1.54, 1.807) is 10.7 Å². The lowest BCUT2D eigenvalue weighted by atomic mass is 10.1. The number of nitrogens with one attached hydrogen (secondary N) is 2. The molecule has 3 rings (SSSR count). The third-order valence-electron chi connectivity index (χ3n) is 4.35. The molecule has 0 radical (unpaired) electrons. The molecule has 2 aromatic rings. The number of carbonyl (C=O) groups is 1. The first-order chi connectivity index (χ1) is 11.0. The maximum Gasteiger partial charge on any atom is 0.272 e. The first-order valence-corrected chi connectivity index (χ1v) is 8.11. The fraction of sp³-hybridized carbons (Fsp3) is 0.562. The highest BCUT2D eigenvalue weighted by Crippen LogP contribution is 2.18. The minimum Gasteiger partial charge on any atom is -0.344 e. The second kappa shape index (κ2) is 7.81. The molecule has 1 aliphatic heterocycles. The lowest BCUT2D eigenvalue weighted by Gasteiger charge is -2.22. The third kappa shape index (κ3) is 3.96. The summed E-state index contributed by atoms with van der Waals surface area (Å²) in [5.41, 5.74) is 2.42. The standard InChI is InChI=1S/C16H24N6O.ClH/c1-11(14-10-21(3)19-12(14)2)18-16(23)15-6-8-22(20-15)13-5-4-7-17-9-13;/h6,8,10-11,13,17H,4-5,7,9H2,1-3H3,(H,18,23);1H. The molecule has 0 saturated carbocycles. The molecule has 2 atom stereocenters. The molecule has 8 heteroatoms. The maximum absolute atomic E-state index is 12.4. The van der Waals surface area contributed by atoms with Gasteiger partial charge in [0.1, 0.15) is 5.69 Å². The van der Waals surface area contributed by atoms with Gasteiger partial charge >= 0.3 is 0 Å². The molecule has 1 fully saturated rings. The number of piperidine rings is 1. The van der Waals surface area contributed by atoms with Gasteiger partial charge in [0.15, 0.2) is 0 Å². The first-order valence-electron chi connectivity index (χ1n) is 8.11. The van der Waals surface area contributed by atoms with E-state index >= 15 is 0 Å². The van der Waals surface area contributed by atoms with Gasteiger partial charge in [-0.05, 0) is 39.3 Å². The summed E-state index contributed by atoms with van der Waals surface area (Å²) in [6.07, 6.45) is 6.07. The van der Waals surface area contributed by atoms with Crippen LogP contribution in [-0.2, 0) is 7.05 Å². The number of aryl methyl sites for hydroxylation is 2. The Labute approximate surface area is 148 Å². The number of carbonyl (C=O) groups excluding carboxylic acids is 1. The molecule has 1 aliphatic rings. The Morgan fingerprint density at radius 1 is 1.46 bits per heavy atom. The molecular weight excluding hydrogens is 328 g/mol. The summed E-state index contributed by atoms with van der Waals surface area (Å²) in [7, 11) is 1.88. The van der Waals surface area contributed by atoms with Gasteiger partial charge in [-0.2, -0.15) is 10.2 Å². The van der Waals surface area contributed by atoms with Crippen molar-refractivity contribution in [2.75, 3.05) is 13.1 Å². The molecule has 0 spiro atoms. The summed E-state index contributed by atoms with van der Waals surface area (Å²) in [4.78, 5) is 12.4. The third-order valence-corrected chi connectivity index (χ3v) is 4.35. The zero-order valence-electron chi connectivity index (χ0n) is 14.3. The van der Waals surface area contributed by atoms with Crippen molar-refractivity contribution in [1.82, 2.24) is 30.2 Å². The molecule has 0 aromatic carbocycles. The predicted molar refractivity (Wildman–Crippen MR) is 94.4 cm³/mol. The van der Waals surface area contributed by atoms with Gasteiger partial charge < -0.3 is 10.6 Å². The van der Waals surface area contributed by atoms with Crippen LogP contribution in [0.5, 0.6) is 0 Å². The lowest BCUT2D eigenvalue weighted by molar-refractivity contribution is 0.0933. The minimum atomic E-state index is -0.150. The molecule has 2 N–H and O–H groups in total. The van der Waals surface area contributed by atoms with Crippen LogP contribution in [0, 0.1) is 6.92 Å². The van der Waals surface area contributed by atoms with Crippen molar-refractivity contribution >= 4 is 18.3 Å². The Morgan fingerprint density at radius 3 is 2.88 bits per heavy atom. The van der Waals surface area contributed by atoms with Crippen LogP contribution < -0.4 is 10.6 Å². The van der Waals surface area contributed by atoms with Gasteiger partial charge in [0, 0.05) is 31.5 Å². The zero-order valence-corrected chi connectivity index (χ0v) is 15.1. The van der Waals surface area contributed by atoms with Crippen LogP contribution in [0.2, 0.25) is 0 Å². The van der Waals surface area contributed by atoms with E-state index in [2.05, 4.69) is 20.8 Å². The number of hydrogen-bond acceptors (Lipinski definition) is 4. The van der Waals surface area contributed by atoms with E-state index in [9.17, 15) is 4.79 Å². The lowest BCUT2D eigenvalue weighted by Crippen LogP contribution is -2.32. The molecule has 24 heavy (non-hydrogen) atoms. The summed E-state index contributed by atoms with van der Waals surface area (Å²) < 4.78 is 3.67. The first kappa shape index (κ1) is 18.5. The fourth-order valence-electron chi connectivity index (χ4n) is 3.11. The van der Waals surface area contributed by atoms with Gasteiger partial charge in [0.2, 0.25) is 0 Å². The smallest absolute Gasteiger partial charge is 0.272 e. The molecule has 132 valence electrons. The normalized spacial score (nSPS) is 18.7. The Hall–Kier alpha value is -1.86. The van der Waals surface area contributed by atoms with Gasteiger partial charge in [0.05, 0.1) is 17.8 Å².